The lowest BCUT2D eigenvalue weighted by Crippen LogP contribution is -2.47. The van der Waals surface area contributed by atoms with Crippen molar-refractivity contribution in [2.45, 2.75) is 18.9 Å². The number of thiophene rings is 1. The Morgan fingerprint density at radius 1 is 1.20 bits per heavy atom. The Hall–Kier alpha value is -1.03. The van der Waals surface area contributed by atoms with Crippen LogP contribution in [0.5, 0.6) is 0 Å². The van der Waals surface area contributed by atoms with E-state index in [-0.39, 0.29) is 6.04 Å². The monoisotopic (exact) mass is 306 g/mol. The van der Waals surface area contributed by atoms with Gasteiger partial charge in [0.1, 0.15) is 0 Å². The number of nitrogens with two attached hydrogens (primary N) is 1. The first kappa shape index (κ1) is 13.9. The number of nitrogens with zero attached hydrogens (tertiary/aromatic N) is 1. The Morgan fingerprint density at radius 3 is 2.70 bits per heavy atom. The minimum Gasteiger partial charge on any atom is -0.370 e. The van der Waals surface area contributed by atoms with E-state index in [4.69, 9.17) is 17.3 Å². The predicted molar refractivity (Wildman–Crippen MR) is 87.8 cm³/mol. The molecule has 3 rings (SSSR count). The Kier molecular flexibility index (Phi) is 4.29. The van der Waals surface area contributed by atoms with Gasteiger partial charge in [0.2, 0.25) is 0 Å². The number of benzene rings is 1. The zero-order valence-electron chi connectivity index (χ0n) is 11.3. The van der Waals surface area contributed by atoms with Gasteiger partial charge in [0, 0.05) is 29.8 Å². The van der Waals surface area contributed by atoms with E-state index >= 15 is 0 Å². The van der Waals surface area contributed by atoms with Crippen molar-refractivity contribution in [3.63, 3.8) is 0 Å². The molecule has 0 radical (unpaired) electrons. The second kappa shape index (κ2) is 6.17. The lowest BCUT2D eigenvalue weighted by atomic mass is 9.89. The fourth-order valence-corrected chi connectivity index (χ4v) is 3.81. The average Bonchev–Trinajstić information content (AvgIpc) is 2.91. The van der Waals surface area contributed by atoms with Gasteiger partial charge >= 0.3 is 0 Å². The summed E-state index contributed by atoms with van der Waals surface area (Å²) in [4.78, 5) is 2.39. The van der Waals surface area contributed by atoms with Gasteiger partial charge in [-0.05, 0) is 65.4 Å². The van der Waals surface area contributed by atoms with Crippen LogP contribution in [-0.4, -0.2) is 19.1 Å². The van der Waals surface area contributed by atoms with E-state index in [1.807, 2.05) is 12.1 Å². The molecule has 1 aliphatic rings. The third-order valence-electron chi connectivity index (χ3n) is 3.87. The number of piperidine rings is 1. The van der Waals surface area contributed by atoms with Gasteiger partial charge in [-0.1, -0.05) is 11.6 Å². The van der Waals surface area contributed by atoms with Crippen molar-refractivity contribution in [1.82, 2.24) is 0 Å². The van der Waals surface area contributed by atoms with Crippen LogP contribution in [0.2, 0.25) is 5.02 Å². The molecule has 1 aromatic carbocycles. The normalized spacial score (nSPS) is 23.0. The lowest BCUT2D eigenvalue weighted by Gasteiger charge is -2.38. The molecular weight excluding hydrogens is 288 g/mol. The molecule has 2 aromatic rings. The van der Waals surface area contributed by atoms with Gasteiger partial charge in [0.05, 0.1) is 0 Å². The maximum Gasteiger partial charge on any atom is 0.0407 e. The largest absolute Gasteiger partial charge is 0.370 e. The minimum absolute atomic E-state index is 0.253. The van der Waals surface area contributed by atoms with Crippen LogP contribution in [0.15, 0.2) is 41.1 Å². The Labute approximate surface area is 129 Å². The van der Waals surface area contributed by atoms with Crippen molar-refractivity contribution in [1.29, 1.82) is 0 Å². The van der Waals surface area contributed by atoms with Gasteiger partial charge in [-0.2, -0.15) is 11.3 Å². The fraction of sp³-hybridized carbons (Fsp3) is 0.375. The molecule has 0 bridgehead atoms. The highest BCUT2D eigenvalue weighted by Gasteiger charge is 2.25. The van der Waals surface area contributed by atoms with Gasteiger partial charge < -0.3 is 10.6 Å². The summed E-state index contributed by atoms with van der Waals surface area (Å²) in [6, 6.07) is 10.5. The van der Waals surface area contributed by atoms with E-state index < -0.39 is 0 Å². The standard InChI is InChI=1S/C16H19ClN2S/c17-14-1-3-16(4-2-14)19-9-13(8-15(18)10-19)7-12-5-6-20-11-12/h1-6,11,13,15H,7-10,18H2. The molecule has 0 saturated carbocycles. The molecule has 0 aliphatic carbocycles. The molecule has 1 saturated heterocycles. The van der Waals surface area contributed by atoms with Gasteiger partial charge in [0.25, 0.3) is 0 Å². The molecule has 2 atom stereocenters. The fourth-order valence-electron chi connectivity index (χ4n) is 3.00. The minimum atomic E-state index is 0.253. The molecule has 4 heteroatoms. The van der Waals surface area contributed by atoms with Crippen LogP contribution in [0.3, 0.4) is 0 Å². The van der Waals surface area contributed by atoms with Crippen LogP contribution < -0.4 is 10.6 Å². The third kappa shape index (κ3) is 3.35. The lowest BCUT2D eigenvalue weighted by molar-refractivity contribution is 0.375. The molecule has 106 valence electrons. The summed E-state index contributed by atoms with van der Waals surface area (Å²) >= 11 is 7.73. The van der Waals surface area contributed by atoms with Crippen LogP contribution in [0.25, 0.3) is 0 Å². The van der Waals surface area contributed by atoms with E-state index in [2.05, 4.69) is 33.9 Å². The summed E-state index contributed by atoms with van der Waals surface area (Å²) in [5.41, 5.74) is 8.90. The number of halogens is 1. The Bertz CT molecular complexity index is 538. The van der Waals surface area contributed by atoms with Crippen molar-refractivity contribution in [3.05, 3.63) is 51.7 Å². The number of hydrogen-bond donors (Lipinski definition) is 1. The van der Waals surface area contributed by atoms with E-state index in [9.17, 15) is 0 Å². The third-order valence-corrected chi connectivity index (χ3v) is 4.85. The van der Waals surface area contributed by atoms with Crippen molar-refractivity contribution >= 4 is 28.6 Å². The van der Waals surface area contributed by atoms with Crippen LogP contribution in [-0.2, 0) is 6.42 Å². The van der Waals surface area contributed by atoms with Crippen LogP contribution >= 0.6 is 22.9 Å². The van der Waals surface area contributed by atoms with Crippen LogP contribution in [0, 0.1) is 5.92 Å². The molecule has 2 heterocycles. The maximum absolute atomic E-state index is 6.25. The molecule has 0 spiro atoms. The topological polar surface area (TPSA) is 29.3 Å². The summed E-state index contributed by atoms with van der Waals surface area (Å²) in [5.74, 6) is 0.629. The number of rotatable bonds is 3. The maximum atomic E-state index is 6.25. The highest BCUT2D eigenvalue weighted by molar-refractivity contribution is 7.07. The molecule has 1 fully saturated rings. The summed E-state index contributed by atoms with van der Waals surface area (Å²) in [6.45, 7) is 2.01. The first-order valence-corrected chi connectivity index (χ1v) is 8.30. The molecule has 2 nitrogen and oxygen atoms in total. The summed E-state index contributed by atoms with van der Waals surface area (Å²) in [7, 11) is 0. The Balaban J connectivity index is 1.71. The van der Waals surface area contributed by atoms with Crippen molar-refractivity contribution in [3.8, 4) is 0 Å². The summed E-state index contributed by atoms with van der Waals surface area (Å²) in [5, 5.41) is 5.17. The molecule has 2 unspecified atom stereocenters. The van der Waals surface area contributed by atoms with Crippen molar-refractivity contribution in [2.24, 2.45) is 11.7 Å². The van der Waals surface area contributed by atoms with Crippen LogP contribution in [0.4, 0.5) is 5.69 Å². The second-order valence-electron chi connectivity index (χ2n) is 5.58. The van der Waals surface area contributed by atoms with Crippen molar-refractivity contribution in [2.75, 3.05) is 18.0 Å². The van der Waals surface area contributed by atoms with Gasteiger partial charge in [-0.15, -0.1) is 0 Å². The van der Waals surface area contributed by atoms with Gasteiger partial charge in [0.15, 0.2) is 0 Å². The average molecular weight is 307 g/mol. The number of anilines is 1. The van der Waals surface area contributed by atoms with E-state index in [0.29, 0.717) is 5.92 Å². The van der Waals surface area contributed by atoms with Crippen LogP contribution in [0.1, 0.15) is 12.0 Å². The Morgan fingerprint density at radius 2 is 2.00 bits per heavy atom. The van der Waals surface area contributed by atoms with Gasteiger partial charge in [-0.3, -0.25) is 0 Å². The summed E-state index contributed by atoms with van der Waals surface area (Å²) in [6.07, 6.45) is 2.24. The summed E-state index contributed by atoms with van der Waals surface area (Å²) < 4.78 is 0. The molecule has 1 aliphatic heterocycles. The molecule has 1 aromatic heterocycles. The SMILES string of the molecule is NC1CC(Cc2ccsc2)CN(c2ccc(Cl)cc2)C1. The molecule has 0 amide bonds. The van der Waals surface area contributed by atoms with E-state index in [1.165, 1.54) is 11.3 Å². The first-order valence-electron chi connectivity index (χ1n) is 6.98. The van der Waals surface area contributed by atoms with E-state index in [1.54, 1.807) is 11.3 Å². The molecular formula is C16H19ClN2S. The number of hydrogen-bond acceptors (Lipinski definition) is 3. The first-order chi connectivity index (χ1) is 9.70. The quantitative estimate of drug-likeness (QED) is 0.934. The van der Waals surface area contributed by atoms with Crippen molar-refractivity contribution < 1.29 is 0 Å². The highest BCUT2D eigenvalue weighted by Crippen LogP contribution is 2.26. The van der Waals surface area contributed by atoms with E-state index in [0.717, 1.165) is 31.0 Å². The molecule has 20 heavy (non-hydrogen) atoms. The zero-order chi connectivity index (χ0) is 13.9. The smallest absolute Gasteiger partial charge is 0.0407 e. The molecule has 2 N–H and O–H groups in total. The predicted octanol–water partition coefficient (Wildman–Crippen LogP) is 3.80. The van der Waals surface area contributed by atoms with Gasteiger partial charge in [-0.25, -0.2) is 0 Å². The zero-order valence-corrected chi connectivity index (χ0v) is 12.9. The second-order valence-corrected chi connectivity index (χ2v) is 6.80. The highest BCUT2D eigenvalue weighted by atomic mass is 35.5.